The van der Waals surface area contributed by atoms with E-state index in [1.54, 1.807) is 18.7 Å². The van der Waals surface area contributed by atoms with Gasteiger partial charge in [0.25, 0.3) is 0 Å². The van der Waals surface area contributed by atoms with Crippen molar-refractivity contribution in [2.45, 2.75) is 50.4 Å². The number of hydrogen-bond acceptors (Lipinski definition) is 4. The molecule has 0 amide bonds. The molecule has 1 unspecified atom stereocenters. The van der Waals surface area contributed by atoms with E-state index in [0.717, 1.165) is 50.6 Å². The van der Waals surface area contributed by atoms with E-state index in [2.05, 4.69) is 19.1 Å². The molecule has 0 aliphatic rings. The lowest BCUT2D eigenvalue weighted by Crippen LogP contribution is -2.04. The molecule has 0 radical (unpaired) electrons. The molecule has 1 aromatic heterocycles. The van der Waals surface area contributed by atoms with Gasteiger partial charge in [-0.15, -0.1) is 23.1 Å². The Balaban J connectivity index is 1.83. The molecule has 0 saturated heterocycles. The molecule has 0 bridgehead atoms. The Hall–Kier alpha value is -2.25. The Bertz CT molecular complexity index is 1060. The van der Waals surface area contributed by atoms with Crippen LogP contribution < -0.4 is 0 Å². The quantitative estimate of drug-likeness (QED) is 0.252. The van der Waals surface area contributed by atoms with Gasteiger partial charge in [0.2, 0.25) is 0 Å². The van der Waals surface area contributed by atoms with Crippen LogP contribution in [0.5, 0.6) is 0 Å². The van der Waals surface area contributed by atoms with Gasteiger partial charge in [-0.1, -0.05) is 19.1 Å². The van der Waals surface area contributed by atoms with Crippen LogP contribution in [-0.4, -0.2) is 12.6 Å². The summed E-state index contributed by atoms with van der Waals surface area (Å²) in [5.74, 6) is -0.295. The standard InChI is InChI=1S/C25H25F3O2S2/c1-5-20(21-11-12-22(32-21)24(29)30-6-2)31-19-13-15(3)23(16(4)14-19)17-7-9-18(10-8-17)25(26,27)28/h7-14,20H,5-6H2,1-4H3. The molecular weight excluding hydrogens is 453 g/mol. The summed E-state index contributed by atoms with van der Waals surface area (Å²) in [5, 5.41) is 0.193. The summed E-state index contributed by atoms with van der Waals surface area (Å²) in [6, 6.07) is 13.3. The smallest absolute Gasteiger partial charge is 0.416 e. The molecule has 7 heteroatoms. The number of carbonyl (C=O) groups is 1. The first kappa shape index (κ1) is 24.4. The number of thioether (sulfide) groups is 1. The van der Waals surface area contributed by atoms with E-state index < -0.39 is 11.7 Å². The SMILES string of the molecule is CCOC(=O)c1ccc(C(CC)Sc2cc(C)c(-c3ccc(C(F)(F)F)cc3)c(C)c2)s1. The molecule has 0 aliphatic carbocycles. The molecule has 0 aliphatic heterocycles. The van der Waals surface area contributed by atoms with Gasteiger partial charge in [-0.25, -0.2) is 4.79 Å². The van der Waals surface area contributed by atoms with Crippen molar-refractivity contribution in [1.29, 1.82) is 0 Å². The summed E-state index contributed by atoms with van der Waals surface area (Å²) < 4.78 is 43.7. The minimum Gasteiger partial charge on any atom is -0.462 e. The van der Waals surface area contributed by atoms with E-state index in [9.17, 15) is 18.0 Å². The van der Waals surface area contributed by atoms with Gasteiger partial charge in [-0.05, 0) is 85.8 Å². The van der Waals surface area contributed by atoms with Crippen LogP contribution in [0.3, 0.4) is 0 Å². The average molecular weight is 479 g/mol. The first-order valence-corrected chi connectivity index (χ1v) is 12.1. The highest BCUT2D eigenvalue weighted by molar-refractivity contribution is 7.99. The monoisotopic (exact) mass is 478 g/mol. The Morgan fingerprint density at radius 2 is 1.66 bits per heavy atom. The van der Waals surface area contributed by atoms with Crippen molar-refractivity contribution in [2.75, 3.05) is 6.61 Å². The zero-order valence-electron chi connectivity index (χ0n) is 18.4. The lowest BCUT2D eigenvalue weighted by molar-refractivity contribution is -0.137. The third-order valence-electron chi connectivity index (χ3n) is 5.08. The van der Waals surface area contributed by atoms with Crippen molar-refractivity contribution in [2.24, 2.45) is 0 Å². The van der Waals surface area contributed by atoms with E-state index >= 15 is 0 Å². The molecule has 1 atom stereocenters. The van der Waals surface area contributed by atoms with Crippen LogP contribution in [0.15, 0.2) is 53.4 Å². The second-order valence-corrected chi connectivity index (χ2v) is 9.84. The molecular formula is C25H25F3O2S2. The number of halogens is 3. The Kier molecular flexibility index (Phi) is 7.72. The minimum absolute atomic E-state index is 0.193. The third-order valence-corrected chi connectivity index (χ3v) is 7.78. The van der Waals surface area contributed by atoms with Crippen molar-refractivity contribution in [3.05, 3.63) is 75.0 Å². The maximum Gasteiger partial charge on any atom is 0.416 e. The number of hydrogen-bond donors (Lipinski definition) is 0. The van der Waals surface area contributed by atoms with Crippen molar-refractivity contribution in [3.8, 4) is 11.1 Å². The molecule has 3 rings (SSSR count). The lowest BCUT2D eigenvalue weighted by Gasteiger charge is -2.17. The molecule has 32 heavy (non-hydrogen) atoms. The summed E-state index contributed by atoms with van der Waals surface area (Å²) in [6.45, 7) is 8.21. The van der Waals surface area contributed by atoms with Crippen LogP contribution >= 0.6 is 23.1 Å². The largest absolute Gasteiger partial charge is 0.462 e. The van der Waals surface area contributed by atoms with E-state index in [1.807, 2.05) is 26.0 Å². The molecule has 170 valence electrons. The zero-order valence-corrected chi connectivity index (χ0v) is 20.0. The Morgan fingerprint density at radius 1 is 1.03 bits per heavy atom. The third kappa shape index (κ3) is 5.56. The van der Waals surface area contributed by atoms with Crippen LogP contribution in [0.2, 0.25) is 0 Å². The van der Waals surface area contributed by atoms with E-state index in [4.69, 9.17) is 4.74 Å². The van der Waals surface area contributed by atoms with Gasteiger partial charge in [0.15, 0.2) is 0 Å². The molecule has 2 nitrogen and oxygen atoms in total. The number of carbonyl (C=O) groups excluding carboxylic acids is 1. The number of rotatable bonds is 7. The highest BCUT2D eigenvalue weighted by Crippen LogP contribution is 2.43. The topological polar surface area (TPSA) is 26.3 Å². The highest BCUT2D eigenvalue weighted by atomic mass is 32.2. The van der Waals surface area contributed by atoms with Crippen LogP contribution in [0, 0.1) is 13.8 Å². The van der Waals surface area contributed by atoms with Gasteiger partial charge in [-0.2, -0.15) is 13.2 Å². The fourth-order valence-electron chi connectivity index (χ4n) is 3.62. The Morgan fingerprint density at radius 3 is 2.19 bits per heavy atom. The van der Waals surface area contributed by atoms with E-state index in [1.165, 1.54) is 23.5 Å². The summed E-state index contributed by atoms with van der Waals surface area (Å²) in [7, 11) is 0. The maximum absolute atomic E-state index is 12.9. The van der Waals surface area contributed by atoms with Crippen molar-refractivity contribution >= 4 is 29.1 Å². The summed E-state index contributed by atoms with van der Waals surface area (Å²) in [4.78, 5) is 14.8. The molecule has 0 spiro atoms. The van der Waals surface area contributed by atoms with Crippen LogP contribution in [-0.2, 0) is 10.9 Å². The molecule has 0 saturated carbocycles. The first-order valence-electron chi connectivity index (χ1n) is 10.4. The predicted octanol–water partition coefficient (Wildman–Crippen LogP) is 8.47. The average Bonchev–Trinajstić information content (AvgIpc) is 3.22. The number of esters is 1. The number of ether oxygens (including phenoxy) is 1. The molecule has 1 heterocycles. The summed E-state index contributed by atoms with van der Waals surface area (Å²) >= 11 is 3.19. The van der Waals surface area contributed by atoms with Gasteiger partial charge < -0.3 is 4.74 Å². The van der Waals surface area contributed by atoms with Gasteiger partial charge in [0.1, 0.15) is 4.88 Å². The number of aryl methyl sites for hydroxylation is 2. The number of benzene rings is 2. The van der Waals surface area contributed by atoms with E-state index in [-0.39, 0.29) is 11.2 Å². The number of alkyl halides is 3. The zero-order chi connectivity index (χ0) is 23.5. The van der Waals surface area contributed by atoms with Crippen molar-refractivity contribution in [3.63, 3.8) is 0 Å². The molecule has 0 fully saturated rings. The highest BCUT2D eigenvalue weighted by Gasteiger charge is 2.30. The molecule has 3 aromatic rings. The second-order valence-electron chi connectivity index (χ2n) is 7.44. The second kappa shape index (κ2) is 10.1. The summed E-state index contributed by atoms with van der Waals surface area (Å²) in [6.07, 6.45) is -3.45. The van der Waals surface area contributed by atoms with Gasteiger partial charge >= 0.3 is 12.1 Å². The Labute approximate surface area is 194 Å². The van der Waals surface area contributed by atoms with Gasteiger partial charge in [-0.3, -0.25) is 0 Å². The summed E-state index contributed by atoms with van der Waals surface area (Å²) in [5.41, 5.74) is 3.11. The lowest BCUT2D eigenvalue weighted by atomic mass is 9.95. The van der Waals surface area contributed by atoms with Crippen LogP contribution in [0.4, 0.5) is 13.2 Å². The fourth-order valence-corrected chi connectivity index (χ4v) is 6.05. The van der Waals surface area contributed by atoms with Gasteiger partial charge in [0, 0.05) is 15.0 Å². The van der Waals surface area contributed by atoms with Crippen molar-refractivity contribution < 1.29 is 22.7 Å². The van der Waals surface area contributed by atoms with Crippen LogP contribution in [0.25, 0.3) is 11.1 Å². The fraction of sp³-hybridized carbons (Fsp3) is 0.320. The van der Waals surface area contributed by atoms with E-state index in [0.29, 0.717) is 11.5 Å². The normalized spacial score (nSPS) is 12.6. The predicted molar refractivity (Wildman–Crippen MR) is 126 cm³/mol. The molecule has 2 aromatic carbocycles. The first-order chi connectivity index (χ1) is 15.1. The minimum atomic E-state index is -4.34. The molecule has 0 N–H and O–H groups in total. The maximum atomic E-state index is 12.9. The van der Waals surface area contributed by atoms with Crippen LogP contribution in [0.1, 0.15) is 56.8 Å². The van der Waals surface area contributed by atoms with Crippen molar-refractivity contribution in [1.82, 2.24) is 0 Å². The van der Waals surface area contributed by atoms with Gasteiger partial charge in [0.05, 0.1) is 12.2 Å². The number of thiophene rings is 1.